The summed E-state index contributed by atoms with van der Waals surface area (Å²) in [4.78, 5) is 12.6. The average Bonchev–Trinajstić information content (AvgIpc) is 3.27. The Morgan fingerprint density at radius 3 is 2.23 bits per heavy atom. The van der Waals surface area contributed by atoms with Crippen LogP contribution in [0.1, 0.15) is 33.3 Å². The summed E-state index contributed by atoms with van der Waals surface area (Å²) in [5, 5.41) is 17.8. The summed E-state index contributed by atoms with van der Waals surface area (Å²) in [6.45, 7) is 7.58. The zero-order chi connectivity index (χ0) is 22.2. The quantitative estimate of drug-likeness (QED) is 0.651. The number of rotatable bonds is 5. The van der Waals surface area contributed by atoms with Gasteiger partial charge >= 0.3 is 0 Å². The van der Waals surface area contributed by atoms with E-state index >= 15 is 0 Å². The summed E-state index contributed by atoms with van der Waals surface area (Å²) in [5.41, 5.74) is 5.77. The first-order valence-corrected chi connectivity index (χ1v) is 10.1. The van der Waals surface area contributed by atoms with Crippen LogP contribution in [0.3, 0.4) is 0 Å². The van der Waals surface area contributed by atoms with E-state index in [9.17, 15) is 4.79 Å². The number of H-pyrrole nitrogens is 1. The number of methoxy groups -OCH3 is 1. The molecule has 158 valence electrons. The second kappa shape index (κ2) is 7.83. The number of nitrogens with one attached hydrogen (secondary N) is 2. The van der Waals surface area contributed by atoms with Crippen LogP contribution < -0.4 is 5.32 Å². The zero-order valence-electron chi connectivity index (χ0n) is 18.3. The largest absolute Gasteiger partial charge is 0.494 e. The number of carbonyl (C=O) groups is 1. The molecule has 2 heterocycles. The van der Waals surface area contributed by atoms with Crippen LogP contribution in [0.4, 0.5) is 0 Å². The number of ketones is 1. The number of nitrogens with zero attached hydrogens (tertiary/aromatic N) is 3. The Bertz CT molecular complexity index is 1190. The predicted molar refractivity (Wildman–Crippen MR) is 120 cm³/mol. The highest BCUT2D eigenvalue weighted by atomic mass is 16.5. The third kappa shape index (κ3) is 3.63. The molecule has 0 unspecified atom stereocenters. The van der Waals surface area contributed by atoms with E-state index in [4.69, 9.17) is 4.74 Å². The van der Waals surface area contributed by atoms with Gasteiger partial charge in [0.05, 0.1) is 18.3 Å². The van der Waals surface area contributed by atoms with Crippen molar-refractivity contribution in [3.63, 3.8) is 0 Å². The fraction of sp³-hybridized carbons (Fsp3) is 0.250. The highest BCUT2D eigenvalue weighted by Gasteiger charge is 2.36. The molecule has 1 aromatic heterocycles. The number of benzene rings is 2. The van der Waals surface area contributed by atoms with Gasteiger partial charge in [0.1, 0.15) is 5.76 Å². The van der Waals surface area contributed by atoms with Gasteiger partial charge in [-0.25, -0.2) is 0 Å². The molecule has 1 aliphatic rings. The molecule has 0 aliphatic carbocycles. The lowest BCUT2D eigenvalue weighted by Crippen LogP contribution is -2.45. The first kappa shape index (κ1) is 20.5. The lowest BCUT2D eigenvalue weighted by molar-refractivity contribution is -0.114. The average molecular weight is 415 g/mol. The van der Waals surface area contributed by atoms with Crippen molar-refractivity contribution in [2.75, 3.05) is 7.11 Å². The monoisotopic (exact) mass is 415 g/mol. The summed E-state index contributed by atoms with van der Waals surface area (Å²) in [5.74, 6) is 1.24. The molecule has 4 rings (SSSR count). The minimum absolute atomic E-state index is 0.0149. The van der Waals surface area contributed by atoms with Gasteiger partial charge in [-0.3, -0.25) is 4.79 Å². The maximum Gasteiger partial charge on any atom is 0.205 e. The van der Waals surface area contributed by atoms with Crippen LogP contribution in [0, 0.1) is 0 Å². The van der Waals surface area contributed by atoms with Crippen molar-refractivity contribution in [1.82, 2.24) is 25.9 Å². The van der Waals surface area contributed by atoms with E-state index in [1.165, 1.54) is 0 Å². The molecule has 7 heteroatoms. The second-order valence-corrected chi connectivity index (χ2v) is 8.07. The van der Waals surface area contributed by atoms with Crippen molar-refractivity contribution in [2.24, 2.45) is 0 Å². The van der Waals surface area contributed by atoms with Gasteiger partial charge in [0, 0.05) is 16.7 Å². The first-order chi connectivity index (χ1) is 14.8. The fourth-order valence-electron chi connectivity index (χ4n) is 4.37. The van der Waals surface area contributed by atoms with E-state index in [0.29, 0.717) is 17.2 Å². The van der Waals surface area contributed by atoms with Gasteiger partial charge in [0.25, 0.3) is 0 Å². The fourth-order valence-corrected chi connectivity index (χ4v) is 4.37. The van der Waals surface area contributed by atoms with Crippen LogP contribution in [0.2, 0.25) is 0 Å². The number of aromatic nitrogens is 4. The Kier molecular flexibility index (Phi) is 5.19. The molecule has 0 bridgehead atoms. The number of hydrogen-bond donors (Lipinski definition) is 2. The normalized spacial score (nSPS) is 15.6. The third-order valence-corrected chi connectivity index (χ3v) is 5.50. The molecule has 3 aromatic rings. The zero-order valence-corrected chi connectivity index (χ0v) is 18.3. The van der Waals surface area contributed by atoms with E-state index in [1.54, 1.807) is 14.0 Å². The highest BCUT2D eigenvalue weighted by Crippen LogP contribution is 2.39. The molecule has 7 nitrogen and oxygen atoms in total. The summed E-state index contributed by atoms with van der Waals surface area (Å²) in [6, 6.07) is 16.0. The molecule has 31 heavy (non-hydrogen) atoms. The molecule has 0 atom stereocenters. The Morgan fingerprint density at radius 2 is 1.65 bits per heavy atom. The van der Waals surface area contributed by atoms with Crippen LogP contribution in [0.15, 0.2) is 65.6 Å². The number of aromatic amines is 1. The number of Topliss-reactive ketones (excluding diaryl/α,β-unsaturated/α-hetero) is 1. The molecule has 2 aromatic carbocycles. The lowest BCUT2D eigenvalue weighted by atomic mass is 9.80. The number of ether oxygens (including phenoxy) is 1. The highest BCUT2D eigenvalue weighted by molar-refractivity contribution is 6.07. The van der Waals surface area contributed by atoms with Crippen molar-refractivity contribution >= 4 is 11.4 Å². The van der Waals surface area contributed by atoms with Crippen molar-refractivity contribution in [2.45, 2.75) is 33.2 Å². The summed E-state index contributed by atoms with van der Waals surface area (Å²) in [6.07, 6.45) is 0. The second-order valence-electron chi connectivity index (χ2n) is 8.07. The third-order valence-electron chi connectivity index (χ3n) is 5.50. The smallest absolute Gasteiger partial charge is 0.205 e. The predicted octanol–water partition coefficient (Wildman–Crippen LogP) is 4.14. The Hall–Kier alpha value is -3.74. The van der Waals surface area contributed by atoms with Crippen molar-refractivity contribution < 1.29 is 9.53 Å². The van der Waals surface area contributed by atoms with Crippen molar-refractivity contribution in [3.05, 3.63) is 71.1 Å². The van der Waals surface area contributed by atoms with Gasteiger partial charge in [0.2, 0.25) is 5.82 Å². The van der Waals surface area contributed by atoms with Crippen LogP contribution in [-0.2, 0) is 9.53 Å². The van der Waals surface area contributed by atoms with E-state index in [2.05, 4.69) is 25.9 Å². The Balaban J connectivity index is 1.84. The van der Waals surface area contributed by atoms with Gasteiger partial charge in [-0.1, -0.05) is 48.5 Å². The molecule has 0 radical (unpaired) electrons. The van der Waals surface area contributed by atoms with Crippen LogP contribution in [0.25, 0.3) is 28.1 Å². The van der Waals surface area contributed by atoms with E-state index in [1.807, 2.05) is 69.3 Å². The lowest BCUT2D eigenvalue weighted by Gasteiger charge is -2.37. The van der Waals surface area contributed by atoms with Crippen molar-refractivity contribution in [3.8, 4) is 22.5 Å². The van der Waals surface area contributed by atoms with Crippen LogP contribution >= 0.6 is 0 Å². The first-order valence-electron chi connectivity index (χ1n) is 10.1. The van der Waals surface area contributed by atoms with E-state index in [0.717, 1.165) is 33.5 Å². The van der Waals surface area contributed by atoms with Gasteiger partial charge in [-0.15, -0.1) is 10.2 Å². The van der Waals surface area contributed by atoms with Gasteiger partial charge in [-0.2, -0.15) is 5.21 Å². The van der Waals surface area contributed by atoms with Crippen LogP contribution in [0.5, 0.6) is 0 Å². The van der Waals surface area contributed by atoms with E-state index < -0.39 is 5.54 Å². The molecule has 0 amide bonds. The molecular weight excluding hydrogens is 390 g/mol. The molecular formula is C24H25N5O2. The molecule has 0 saturated heterocycles. The molecule has 0 saturated carbocycles. The molecule has 1 aliphatic heterocycles. The Morgan fingerprint density at radius 1 is 1.00 bits per heavy atom. The number of hydrogen-bond acceptors (Lipinski definition) is 6. The molecule has 2 N–H and O–H groups in total. The standard InChI is InChI=1S/C24H25N5O2/c1-14-22(31-5)20(21(15(2)30)24(3,4)25-14)17-12-10-16(11-13-17)18-8-6-7-9-19(18)23-26-28-29-27-23/h6-13,25H,1-5H3,(H,26,27,28,29). The number of dihydropyridines is 1. The summed E-state index contributed by atoms with van der Waals surface area (Å²) in [7, 11) is 1.63. The summed E-state index contributed by atoms with van der Waals surface area (Å²) >= 11 is 0. The minimum atomic E-state index is -0.503. The minimum Gasteiger partial charge on any atom is -0.494 e. The van der Waals surface area contributed by atoms with Crippen LogP contribution in [-0.4, -0.2) is 39.1 Å². The number of carbonyl (C=O) groups excluding carboxylic acids is 1. The topological polar surface area (TPSA) is 92.8 Å². The number of tetrazole rings is 1. The Labute approximate surface area is 181 Å². The van der Waals surface area contributed by atoms with Gasteiger partial charge in [-0.05, 0) is 49.6 Å². The molecule has 0 fully saturated rings. The maximum absolute atomic E-state index is 12.6. The molecule has 0 spiro atoms. The van der Waals surface area contributed by atoms with Gasteiger partial charge < -0.3 is 10.1 Å². The van der Waals surface area contributed by atoms with Gasteiger partial charge in [0.15, 0.2) is 5.78 Å². The number of allylic oxidation sites excluding steroid dienone is 2. The van der Waals surface area contributed by atoms with Crippen molar-refractivity contribution in [1.29, 1.82) is 0 Å². The van der Waals surface area contributed by atoms with E-state index in [-0.39, 0.29) is 5.78 Å². The maximum atomic E-state index is 12.6. The summed E-state index contributed by atoms with van der Waals surface area (Å²) < 4.78 is 5.71. The SMILES string of the molecule is COC1=C(C)NC(C)(C)C(C(C)=O)=C1c1ccc(-c2ccccc2-c2nn[nH]n2)cc1.